The molecule has 0 saturated carbocycles. The maximum absolute atomic E-state index is 2.24. The molecule has 0 nitrogen and oxygen atoms in total. The van der Waals surface area contributed by atoms with E-state index in [0.29, 0.717) is 0 Å². The summed E-state index contributed by atoms with van der Waals surface area (Å²) in [5.74, 6) is 0. The molecule has 0 aliphatic rings. The summed E-state index contributed by atoms with van der Waals surface area (Å²) in [5.41, 5.74) is 0. The zero-order valence-corrected chi connectivity index (χ0v) is 19.5. The van der Waals surface area contributed by atoms with Crippen molar-refractivity contribution in [2.75, 3.05) is 0 Å². The maximum atomic E-state index is 2.24. The Morgan fingerprint density at radius 2 is 1.08 bits per heavy atom. The van der Waals surface area contributed by atoms with E-state index in [9.17, 15) is 0 Å². The van der Waals surface area contributed by atoms with Gasteiger partial charge in [0.25, 0.3) is 0 Å². The van der Waals surface area contributed by atoms with Gasteiger partial charge >= 0.3 is 41.3 Å². The molecule has 0 spiro atoms. The van der Waals surface area contributed by atoms with Gasteiger partial charge in [0.15, 0.2) is 0 Å². The molecule has 124 valence electrons. The summed E-state index contributed by atoms with van der Waals surface area (Å²) in [6, 6.07) is 29.3. The molecule has 0 fully saturated rings. The van der Waals surface area contributed by atoms with Gasteiger partial charge in [0.1, 0.15) is 0 Å². The normalized spacial score (nSPS) is 8.83. The SMILES string of the molecule is C[C](C)=[Zr+2].[Br-].[Br-].c1cc[cH-]c1.c1ccc2c(c1)[cH-]c1ccccc12. The first-order valence-electron chi connectivity index (χ1n) is 7.40. The smallest absolute Gasteiger partial charge is 0.0771 e. The molecule has 0 aliphatic heterocycles. The quantitative estimate of drug-likeness (QED) is 0.282. The first-order chi connectivity index (χ1) is 10.7. The van der Waals surface area contributed by atoms with Crippen LogP contribution in [0.4, 0.5) is 0 Å². The number of hydrogen-bond acceptors (Lipinski definition) is 0. The Balaban J connectivity index is 0.000000409. The average Bonchev–Trinajstić information content (AvgIpc) is 3.18. The molecular formula is C21H20Br2Zr-2. The zero-order chi connectivity index (χ0) is 15.8. The van der Waals surface area contributed by atoms with E-state index in [-0.39, 0.29) is 34.0 Å². The largest absolute Gasteiger partial charge is 1.00 e. The van der Waals surface area contributed by atoms with Gasteiger partial charge in [-0.2, -0.15) is 18.2 Å². The van der Waals surface area contributed by atoms with E-state index in [0.717, 1.165) is 0 Å². The molecule has 4 aromatic rings. The average molecular weight is 523 g/mol. The fraction of sp³-hybridized carbons (Fsp3) is 0.0952. The van der Waals surface area contributed by atoms with E-state index in [4.69, 9.17) is 0 Å². The number of fused-ring (bicyclic) bond motifs is 3. The third-order valence-electron chi connectivity index (χ3n) is 3.08. The molecule has 0 aromatic heterocycles. The molecule has 3 heteroatoms. The van der Waals surface area contributed by atoms with E-state index in [1.165, 1.54) is 24.8 Å². The van der Waals surface area contributed by atoms with Gasteiger partial charge in [0, 0.05) is 0 Å². The van der Waals surface area contributed by atoms with Crippen LogP contribution in [0.1, 0.15) is 13.8 Å². The van der Waals surface area contributed by atoms with Crippen LogP contribution < -0.4 is 34.0 Å². The molecule has 0 atom stereocenters. The number of hydrogen-bond donors (Lipinski definition) is 0. The fourth-order valence-corrected chi connectivity index (χ4v) is 2.22. The second-order valence-electron chi connectivity index (χ2n) is 5.28. The molecule has 4 aromatic carbocycles. The van der Waals surface area contributed by atoms with Crippen molar-refractivity contribution < 1.29 is 58.2 Å². The maximum Gasteiger partial charge on any atom is -0.0771 e. The van der Waals surface area contributed by atoms with Crippen molar-refractivity contribution in [1.29, 1.82) is 0 Å². The molecule has 0 aliphatic carbocycles. The standard InChI is InChI=1S/C13H9.C5H5.C3H6.2BrH.Zr/c1-3-7-12-10(5-1)9-11-6-2-4-8-13(11)12;1-2-4-5-3-1;1-3-2;;;/h1-9H;1-5H;1-2H3;2*1H;/q2*-1;;;;+2/p-2. The van der Waals surface area contributed by atoms with Crippen LogP contribution in [0, 0.1) is 0 Å². The second-order valence-corrected chi connectivity index (χ2v) is 7.74. The molecule has 0 heterocycles. The molecule has 4 rings (SSSR count). The molecule has 0 bridgehead atoms. The minimum absolute atomic E-state index is 0. The van der Waals surface area contributed by atoms with Gasteiger partial charge < -0.3 is 34.0 Å². The Labute approximate surface area is 180 Å². The summed E-state index contributed by atoms with van der Waals surface area (Å²) < 4.78 is 1.51. The van der Waals surface area contributed by atoms with Gasteiger partial charge in [0.2, 0.25) is 0 Å². The second kappa shape index (κ2) is 12.7. The predicted octanol–water partition coefficient (Wildman–Crippen LogP) is -0.129. The Kier molecular flexibility index (Phi) is 12.4. The summed E-state index contributed by atoms with van der Waals surface area (Å²) in [7, 11) is 0. The van der Waals surface area contributed by atoms with E-state index in [1.54, 1.807) is 24.2 Å². The van der Waals surface area contributed by atoms with Crippen molar-refractivity contribution in [2.24, 2.45) is 0 Å². The summed E-state index contributed by atoms with van der Waals surface area (Å²) >= 11 is 1.55. The summed E-state index contributed by atoms with van der Waals surface area (Å²) in [6.45, 7) is 4.25. The Morgan fingerprint density at radius 3 is 1.42 bits per heavy atom. The van der Waals surface area contributed by atoms with Gasteiger partial charge in [-0.3, -0.25) is 0 Å². The van der Waals surface area contributed by atoms with Crippen LogP contribution >= 0.6 is 0 Å². The van der Waals surface area contributed by atoms with Crippen molar-refractivity contribution in [1.82, 2.24) is 0 Å². The Hall–Kier alpha value is -0.627. The van der Waals surface area contributed by atoms with Crippen molar-refractivity contribution in [3.8, 4) is 0 Å². The molecule has 0 amide bonds. The fourth-order valence-electron chi connectivity index (χ4n) is 2.22. The van der Waals surface area contributed by atoms with Crippen molar-refractivity contribution in [2.45, 2.75) is 13.8 Å². The van der Waals surface area contributed by atoms with Crippen LogP contribution in [0.5, 0.6) is 0 Å². The van der Waals surface area contributed by atoms with E-state index in [1.807, 2.05) is 30.3 Å². The monoisotopic (exact) mass is 520 g/mol. The molecule has 0 saturated heterocycles. The molecule has 0 radical (unpaired) electrons. The Morgan fingerprint density at radius 1 is 0.708 bits per heavy atom. The van der Waals surface area contributed by atoms with Crippen LogP contribution in [-0.2, 0) is 24.2 Å². The summed E-state index contributed by atoms with van der Waals surface area (Å²) in [5, 5.41) is 5.39. The van der Waals surface area contributed by atoms with E-state index < -0.39 is 0 Å². The van der Waals surface area contributed by atoms with Crippen molar-refractivity contribution >= 4 is 24.8 Å². The number of benzene rings is 2. The first kappa shape index (κ1) is 23.4. The molecule has 24 heavy (non-hydrogen) atoms. The first-order valence-corrected chi connectivity index (χ1v) is 8.63. The van der Waals surface area contributed by atoms with Gasteiger partial charge in [0.05, 0.1) is 0 Å². The minimum atomic E-state index is 0. The van der Waals surface area contributed by atoms with Crippen LogP contribution in [-0.4, -0.2) is 3.21 Å². The van der Waals surface area contributed by atoms with Gasteiger partial charge in [-0.25, -0.2) is 12.1 Å². The number of rotatable bonds is 0. The predicted molar refractivity (Wildman–Crippen MR) is 95.4 cm³/mol. The van der Waals surface area contributed by atoms with Crippen LogP contribution in [0.3, 0.4) is 0 Å². The van der Waals surface area contributed by atoms with Crippen LogP contribution in [0.15, 0.2) is 84.9 Å². The van der Waals surface area contributed by atoms with E-state index in [2.05, 4.69) is 68.4 Å². The third-order valence-corrected chi connectivity index (χ3v) is 3.08. The Bertz CT molecular complexity index is 758. The minimum Gasteiger partial charge on any atom is -1.00 e. The van der Waals surface area contributed by atoms with Crippen LogP contribution in [0.2, 0.25) is 0 Å². The topological polar surface area (TPSA) is 0 Å². The van der Waals surface area contributed by atoms with E-state index >= 15 is 0 Å². The summed E-state index contributed by atoms with van der Waals surface area (Å²) in [6.07, 6.45) is 0. The van der Waals surface area contributed by atoms with Crippen LogP contribution in [0.25, 0.3) is 21.5 Å². The molecular weight excluding hydrogens is 503 g/mol. The van der Waals surface area contributed by atoms with Gasteiger partial charge in [-0.15, -0.1) is 39.7 Å². The third kappa shape index (κ3) is 7.51. The van der Waals surface area contributed by atoms with Crippen molar-refractivity contribution in [3.05, 3.63) is 84.9 Å². The van der Waals surface area contributed by atoms with Gasteiger partial charge in [-0.1, -0.05) is 36.4 Å². The van der Waals surface area contributed by atoms with Crippen molar-refractivity contribution in [3.63, 3.8) is 0 Å². The zero-order valence-electron chi connectivity index (χ0n) is 13.8. The number of halogens is 2. The van der Waals surface area contributed by atoms with Gasteiger partial charge in [-0.05, 0) is 0 Å². The molecule has 0 N–H and O–H groups in total. The summed E-state index contributed by atoms with van der Waals surface area (Å²) in [4.78, 5) is 0. The molecule has 0 unspecified atom stereocenters.